The summed E-state index contributed by atoms with van der Waals surface area (Å²) in [6.07, 6.45) is 3.55. The Morgan fingerprint density at radius 2 is 2.24 bits per heavy atom. The summed E-state index contributed by atoms with van der Waals surface area (Å²) < 4.78 is 11.2. The van der Waals surface area contributed by atoms with Crippen molar-refractivity contribution in [1.82, 2.24) is 9.97 Å². The van der Waals surface area contributed by atoms with Gasteiger partial charge in [-0.2, -0.15) is 0 Å². The Morgan fingerprint density at radius 3 is 3.00 bits per heavy atom. The zero-order chi connectivity index (χ0) is 15.1. The molecule has 118 valence electrons. The maximum atomic E-state index is 6.10. The lowest BCUT2D eigenvalue weighted by molar-refractivity contribution is 0.0439. The van der Waals surface area contributed by atoms with Crippen molar-refractivity contribution in [2.45, 2.75) is 45.8 Å². The maximum absolute atomic E-state index is 6.10. The van der Waals surface area contributed by atoms with Crippen LogP contribution in [0.25, 0.3) is 0 Å². The van der Waals surface area contributed by atoms with Crippen LogP contribution in [-0.2, 0) is 16.1 Å². The van der Waals surface area contributed by atoms with Crippen LogP contribution in [0.2, 0.25) is 5.15 Å². The van der Waals surface area contributed by atoms with Crippen molar-refractivity contribution in [3.63, 3.8) is 0 Å². The van der Waals surface area contributed by atoms with Crippen LogP contribution in [0.3, 0.4) is 0 Å². The van der Waals surface area contributed by atoms with Crippen molar-refractivity contribution >= 4 is 17.4 Å². The average Bonchev–Trinajstić information content (AvgIpc) is 2.50. The fourth-order valence-corrected chi connectivity index (χ4v) is 2.63. The van der Waals surface area contributed by atoms with Crippen LogP contribution >= 0.6 is 11.6 Å². The van der Waals surface area contributed by atoms with Gasteiger partial charge in [-0.3, -0.25) is 0 Å². The molecule has 0 saturated carbocycles. The molecule has 0 amide bonds. The van der Waals surface area contributed by atoms with Gasteiger partial charge in [0.05, 0.1) is 6.10 Å². The zero-order valence-electron chi connectivity index (χ0n) is 12.8. The van der Waals surface area contributed by atoms with Crippen LogP contribution in [0.15, 0.2) is 6.07 Å². The van der Waals surface area contributed by atoms with Crippen molar-refractivity contribution in [3.8, 4) is 0 Å². The highest BCUT2D eigenvalue weighted by Gasteiger charge is 2.22. The Bertz CT molecular complexity index is 445. The molecule has 1 aliphatic heterocycles. The lowest BCUT2D eigenvalue weighted by Crippen LogP contribution is -2.40. The minimum absolute atomic E-state index is 0.280. The van der Waals surface area contributed by atoms with Gasteiger partial charge in [0.25, 0.3) is 0 Å². The Hall–Kier alpha value is -0.910. The normalized spacial score (nSPS) is 19.0. The molecule has 1 unspecified atom stereocenters. The molecule has 1 aliphatic rings. The van der Waals surface area contributed by atoms with Gasteiger partial charge in [0.2, 0.25) is 0 Å². The third kappa shape index (κ3) is 5.09. The number of hydrogen-bond donors (Lipinski definition) is 0. The molecule has 0 N–H and O–H groups in total. The smallest absolute Gasteiger partial charge is 0.158 e. The largest absolute Gasteiger partial charge is 0.376 e. The molecular formula is C15H24ClN3O2. The van der Waals surface area contributed by atoms with E-state index in [1.807, 2.05) is 13.0 Å². The lowest BCUT2D eigenvalue weighted by Gasteiger charge is -2.33. The molecule has 1 aromatic rings. The van der Waals surface area contributed by atoms with E-state index in [1.54, 1.807) is 0 Å². The number of aromatic nitrogens is 2. The quantitative estimate of drug-likeness (QED) is 0.724. The van der Waals surface area contributed by atoms with Gasteiger partial charge < -0.3 is 14.4 Å². The van der Waals surface area contributed by atoms with Gasteiger partial charge in [-0.1, -0.05) is 18.5 Å². The first-order valence-corrected chi connectivity index (χ1v) is 8.08. The first-order valence-electron chi connectivity index (χ1n) is 7.70. The second-order valence-corrected chi connectivity index (χ2v) is 5.57. The molecule has 2 heterocycles. The van der Waals surface area contributed by atoms with Gasteiger partial charge in [0, 0.05) is 32.4 Å². The highest BCUT2D eigenvalue weighted by Crippen LogP contribution is 2.22. The van der Waals surface area contributed by atoms with Gasteiger partial charge in [-0.05, 0) is 26.2 Å². The highest BCUT2D eigenvalue weighted by atomic mass is 35.5. The van der Waals surface area contributed by atoms with Gasteiger partial charge >= 0.3 is 0 Å². The minimum atomic E-state index is 0.280. The fourth-order valence-electron chi connectivity index (χ4n) is 2.44. The maximum Gasteiger partial charge on any atom is 0.158 e. The number of nitrogens with zero attached hydrogens (tertiary/aromatic N) is 3. The molecule has 0 spiro atoms. The highest BCUT2D eigenvalue weighted by molar-refractivity contribution is 6.29. The summed E-state index contributed by atoms with van der Waals surface area (Å²) in [5.41, 5.74) is 0. The van der Waals surface area contributed by atoms with Gasteiger partial charge in [0.15, 0.2) is 5.82 Å². The number of rotatable bonds is 7. The molecule has 0 radical (unpaired) electrons. The Morgan fingerprint density at radius 1 is 1.38 bits per heavy atom. The van der Waals surface area contributed by atoms with Crippen LogP contribution in [0.1, 0.15) is 38.9 Å². The summed E-state index contributed by atoms with van der Waals surface area (Å²) in [6.45, 7) is 7.78. The molecule has 21 heavy (non-hydrogen) atoms. The van der Waals surface area contributed by atoms with E-state index in [-0.39, 0.29) is 6.10 Å². The standard InChI is InChI=1S/C15H24ClN3O2/c1-3-8-21-12-6-5-7-19(10-12)15-9-13(16)17-14(18-15)11-20-4-2/h9,12H,3-8,10-11H2,1-2H3. The number of ether oxygens (including phenoxy) is 2. The molecular weight excluding hydrogens is 290 g/mol. The van der Waals surface area contributed by atoms with E-state index in [1.165, 1.54) is 0 Å². The summed E-state index contributed by atoms with van der Waals surface area (Å²) in [5.74, 6) is 1.51. The minimum Gasteiger partial charge on any atom is -0.376 e. The van der Waals surface area contributed by atoms with Gasteiger partial charge in [-0.25, -0.2) is 9.97 Å². The first kappa shape index (κ1) is 16.5. The van der Waals surface area contributed by atoms with Crippen molar-refractivity contribution in [1.29, 1.82) is 0 Å². The zero-order valence-corrected chi connectivity index (χ0v) is 13.6. The van der Waals surface area contributed by atoms with Gasteiger partial charge in [-0.15, -0.1) is 0 Å². The molecule has 6 heteroatoms. The van der Waals surface area contributed by atoms with E-state index in [4.69, 9.17) is 21.1 Å². The van der Waals surface area contributed by atoms with Crippen LogP contribution in [0.5, 0.6) is 0 Å². The molecule has 1 fully saturated rings. The Balaban J connectivity index is 2.03. The molecule has 1 aromatic heterocycles. The molecule has 2 rings (SSSR count). The predicted molar refractivity (Wildman–Crippen MR) is 83.9 cm³/mol. The lowest BCUT2D eigenvalue weighted by atomic mass is 10.1. The first-order chi connectivity index (χ1) is 10.2. The fraction of sp³-hybridized carbons (Fsp3) is 0.733. The SMILES string of the molecule is CCCOC1CCCN(c2cc(Cl)nc(COCC)n2)C1. The topological polar surface area (TPSA) is 47.5 Å². The van der Waals surface area contributed by atoms with Crippen molar-refractivity contribution in [2.24, 2.45) is 0 Å². The van der Waals surface area contributed by atoms with E-state index < -0.39 is 0 Å². The van der Waals surface area contributed by atoms with Gasteiger partial charge in [0.1, 0.15) is 17.6 Å². The summed E-state index contributed by atoms with van der Waals surface area (Å²) in [7, 11) is 0. The number of piperidine rings is 1. The Kier molecular flexibility index (Phi) is 6.67. The number of halogens is 1. The van der Waals surface area contributed by atoms with E-state index >= 15 is 0 Å². The predicted octanol–water partition coefficient (Wildman–Crippen LogP) is 3.06. The van der Waals surface area contributed by atoms with Crippen LogP contribution in [0, 0.1) is 0 Å². The summed E-state index contributed by atoms with van der Waals surface area (Å²) in [6, 6.07) is 1.82. The molecule has 1 atom stereocenters. The summed E-state index contributed by atoms with van der Waals surface area (Å²) in [4.78, 5) is 11.0. The number of anilines is 1. The summed E-state index contributed by atoms with van der Waals surface area (Å²) in [5, 5.41) is 0.464. The monoisotopic (exact) mass is 313 g/mol. The van der Waals surface area contributed by atoms with Crippen LogP contribution < -0.4 is 4.90 Å². The second-order valence-electron chi connectivity index (χ2n) is 5.18. The van der Waals surface area contributed by atoms with E-state index in [2.05, 4.69) is 21.8 Å². The molecule has 0 aromatic carbocycles. The molecule has 1 saturated heterocycles. The number of hydrogen-bond acceptors (Lipinski definition) is 5. The van der Waals surface area contributed by atoms with Crippen molar-refractivity contribution in [3.05, 3.63) is 17.0 Å². The molecule has 0 aliphatic carbocycles. The van der Waals surface area contributed by atoms with E-state index in [0.717, 1.165) is 44.8 Å². The molecule has 0 bridgehead atoms. The van der Waals surface area contributed by atoms with Crippen LogP contribution in [0.4, 0.5) is 5.82 Å². The average molecular weight is 314 g/mol. The van der Waals surface area contributed by atoms with E-state index in [9.17, 15) is 0 Å². The Labute approximate surface area is 131 Å². The third-order valence-corrected chi connectivity index (χ3v) is 3.62. The van der Waals surface area contributed by atoms with E-state index in [0.29, 0.717) is 24.2 Å². The third-order valence-electron chi connectivity index (χ3n) is 3.42. The molecule has 5 nitrogen and oxygen atoms in total. The van der Waals surface area contributed by atoms with Crippen molar-refractivity contribution < 1.29 is 9.47 Å². The van der Waals surface area contributed by atoms with Crippen LogP contribution in [-0.4, -0.2) is 42.4 Å². The van der Waals surface area contributed by atoms with Crippen molar-refractivity contribution in [2.75, 3.05) is 31.2 Å². The summed E-state index contributed by atoms with van der Waals surface area (Å²) >= 11 is 6.10. The second kappa shape index (κ2) is 8.51.